The molecule has 0 radical (unpaired) electrons. The van der Waals surface area contributed by atoms with Crippen LogP contribution in [0.3, 0.4) is 0 Å². The van der Waals surface area contributed by atoms with Gasteiger partial charge in [-0.15, -0.1) is 0 Å². The fourth-order valence-electron chi connectivity index (χ4n) is 3.53. The molecule has 174 valence electrons. The average molecular weight is 479 g/mol. The summed E-state index contributed by atoms with van der Waals surface area (Å²) in [5.41, 5.74) is 1.07. The van der Waals surface area contributed by atoms with Gasteiger partial charge in [0.15, 0.2) is 0 Å². The van der Waals surface area contributed by atoms with Crippen LogP contribution in [0.5, 0.6) is 5.75 Å². The first-order valence-corrected chi connectivity index (χ1v) is 12.0. The highest BCUT2D eigenvalue weighted by Crippen LogP contribution is 2.25. The number of benzene rings is 4. The van der Waals surface area contributed by atoms with E-state index in [0.717, 1.165) is 32.8 Å². The number of amides is 1. The Kier molecular flexibility index (Phi) is 6.79. The molecule has 0 bridgehead atoms. The second kappa shape index (κ2) is 9.93. The molecule has 0 saturated carbocycles. The van der Waals surface area contributed by atoms with Crippen LogP contribution in [-0.2, 0) is 21.4 Å². The maximum Gasteiger partial charge on any atom is 0.264 e. The van der Waals surface area contributed by atoms with Crippen molar-refractivity contribution >= 4 is 32.4 Å². The molecule has 6 nitrogen and oxygen atoms in total. The molecule has 0 aliphatic carbocycles. The van der Waals surface area contributed by atoms with Crippen LogP contribution in [-0.4, -0.2) is 28.0 Å². The van der Waals surface area contributed by atoms with E-state index in [0.29, 0.717) is 5.75 Å². The Bertz CT molecular complexity index is 1410. The number of methoxy groups -OCH3 is 1. The summed E-state index contributed by atoms with van der Waals surface area (Å²) in [5, 5.41) is 4.91. The van der Waals surface area contributed by atoms with Crippen LogP contribution < -0.4 is 14.4 Å². The van der Waals surface area contributed by atoms with Gasteiger partial charge in [0, 0.05) is 6.54 Å². The van der Waals surface area contributed by atoms with Crippen LogP contribution in [0, 0.1) is 5.82 Å². The number of nitrogens with zero attached hydrogens (tertiary/aromatic N) is 1. The highest BCUT2D eigenvalue weighted by molar-refractivity contribution is 7.92. The molecule has 0 aliphatic heterocycles. The van der Waals surface area contributed by atoms with Crippen molar-refractivity contribution in [3.05, 3.63) is 102 Å². The van der Waals surface area contributed by atoms with E-state index >= 15 is 0 Å². The lowest BCUT2D eigenvalue weighted by molar-refractivity contribution is -0.119. The maximum atomic E-state index is 13.5. The zero-order valence-electron chi connectivity index (χ0n) is 18.4. The van der Waals surface area contributed by atoms with Crippen molar-refractivity contribution in [3.63, 3.8) is 0 Å². The van der Waals surface area contributed by atoms with Crippen LogP contribution in [0.25, 0.3) is 10.8 Å². The van der Waals surface area contributed by atoms with Gasteiger partial charge in [-0.25, -0.2) is 12.8 Å². The molecular weight excluding hydrogens is 455 g/mol. The number of fused-ring (bicyclic) bond motifs is 1. The van der Waals surface area contributed by atoms with E-state index in [2.05, 4.69) is 5.32 Å². The first kappa shape index (κ1) is 23.3. The molecular formula is C26H23FN2O4S. The number of rotatable bonds is 8. The van der Waals surface area contributed by atoms with Crippen LogP contribution in [0.2, 0.25) is 0 Å². The average Bonchev–Trinajstić information content (AvgIpc) is 2.86. The Balaban J connectivity index is 1.55. The molecule has 0 unspecified atom stereocenters. The van der Waals surface area contributed by atoms with Gasteiger partial charge < -0.3 is 10.1 Å². The number of carbonyl (C=O) groups is 1. The molecule has 0 spiro atoms. The van der Waals surface area contributed by atoms with Crippen molar-refractivity contribution in [2.24, 2.45) is 0 Å². The molecule has 8 heteroatoms. The van der Waals surface area contributed by atoms with E-state index in [1.54, 1.807) is 0 Å². The normalized spacial score (nSPS) is 11.2. The maximum absolute atomic E-state index is 13.5. The SMILES string of the molecule is COc1ccc(S(=O)(=O)N(CC(=O)NCc2ccc3ccccc3c2)c2ccc(F)cc2)cc1. The number of hydrogen-bond acceptors (Lipinski definition) is 4. The Morgan fingerprint density at radius 1 is 0.912 bits per heavy atom. The largest absolute Gasteiger partial charge is 0.497 e. The molecule has 0 fully saturated rings. The van der Waals surface area contributed by atoms with E-state index in [4.69, 9.17) is 4.74 Å². The van der Waals surface area contributed by atoms with E-state index < -0.39 is 28.3 Å². The second-order valence-corrected chi connectivity index (χ2v) is 9.48. The molecule has 0 atom stereocenters. The zero-order chi connectivity index (χ0) is 24.1. The number of anilines is 1. The third-order valence-electron chi connectivity index (χ3n) is 5.35. The summed E-state index contributed by atoms with van der Waals surface area (Å²) in [5.74, 6) is -0.499. The summed E-state index contributed by atoms with van der Waals surface area (Å²) in [7, 11) is -2.62. The lowest BCUT2D eigenvalue weighted by atomic mass is 10.1. The quantitative estimate of drug-likeness (QED) is 0.405. The molecule has 4 aromatic rings. The number of nitrogens with one attached hydrogen (secondary N) is 1. The summed E-state index contributed by atoms with van der Waals surface area (Å²) in [6.45, 7) is -0.225. The van der Waals surface area contributed by atoms with Gasteiger partial charge in [-0.3, -0.25) is 9.10 Å². The number of ether oxygens (including phenoxy) is 1. The first-order chi connectivity index (χ1) is 16.4. The van der Waals surface area contributed by atoms with Gasteiger partial charge in [-0.1, -0.05) is 36.4 Å². The smallest absolute Gasteiger partial charge is 0.264 e. The van der Waals surface area contributed by atoms with Crippen molar-refractivity contribution in [2.45, 2.75) is 11.4 Å². The summed E-state index contributed by atoms with van der Waals surface area (Å²) < 4.78 is 46.3. The molecule has 0 aliphatic rings. The first-order valence-electron chi connectivity index (χ1n) is 10.5. The lowest BCUT2D eigenvalue weighted by Gasteiger charge is -2.24. The number of carbonyl (C=O) groups excluding carboxylic acids is 1. The molecule has 0 heterocycles. The number of sulfonamides is 1. The second-order valence-electron chi connectivity index (χ2n) is 7.62. The summed E-state index contributed by atoms with van der Waals surface area (Å²) in [4.78, 5) is 12.8. The Morgan fingerprint density at radius 3 is 2.26 bits per heavy atom. The minimum atomic E-state index is -4.10. The van der Waals surface area contributed by atoms with Gasteiger partial charge in [-0.2, -0.15) is 0 Å². The highest BCUT2D eigenvalue weighted by atomic mass is 32.2. The molecule has 4 aromatic carbocycles. The Hall–Kier alpha value is -3.91. The minimum Gasteiger partial charge on any atom is -0.497 e. The standard InChI is InChI=1S/C26H23FN2O4S/c1-33-24-12-14-25(15-13-24)34(31,32)29(23-10-8-22(27)9-11-23)18-26(30)28-17-19-6-7-20-4-2-3-5-21(20)16-19/h2-16H,17-18H2,1H3,(H,28,30). The van der Waals surface area contributed by atoms with Gasteiger partial charge >= 0.3 is 0 Å². The Morgan fingerprint density at radius 2 is 1.59 bits per heavy atom. The van der Waals surface area contributed by atoms with Crippen molar-refractivity contribution in [2.75, 3.05) is 18.0 Å². The van der Waals surface area contributed by atoms with Crippen LogP contribution in [0.15, 0.2) is 95.9 Å². The van der Waals surface area contributed by atoms with Crippen LogP contribution in [0.1, 0.15) is 5.56 Å². The predicted octanol–water partition coefficient (Wildman–Crippen LogP) is 4.50. The van der Waals surface area contributed by atoms with Crippen LogP contribution in [0.4, 0.5) is 10.1 Å². The minimum absolute atomic E-state index is 0.0139. The monoisotopic (exact) mass is 478 g/mol. The van der Waals surface area contributed by atoms with E-state index in [9.17, 15) is 17.6 Å². The van der Waals surface area contributed by atoms with E-state index in [1.807, 2.05) is 42.5 Å². The lowest BCUT2D eigenvalue weighted by Crippen LogP contribution is -2.40. The summed E-state index contributed by atoms with van der Waals surface area (Å²) in [6, 6.07) is 24.5. The molecule has 0 saturated heterocycles. The number of hydrogen-bond donors (Lipinski definition) is 1. The Labute approximate surface area is 197 Å². The molecule has 1 N–H and O–H groups in total. The third kappa shape index (κ3) is 5.18. The molecule has 4 rings (SSSR count). The van der Waals surface area contributed by atoms with Crippen molar-refractivity contribution in [1.29, 1.82) is 0 Å². The van der Waals surface area contributed by atoms with Gasteiger partial charge in [0.25, 0.3) is 10.0 Å². The number of halogens is 1. The van der Waals surface area contributed by atoms with E-state index in [-0.39, 0.29) is 17.1 Å². The van der Waals surface area contributed by atoms with E-state index in [1.165, 1.54) is 43.5 Å². The third-order valence-corrected chi connectivity index (χ3v) is 7.14. The van der Waals surface area contributed by atoms with Gasteiger partial charge in [0.2, 0.25) is 5.91 Å². The topological polar surface area (TPSA) is 75.7 Å². The van der Waals surface area contributed by atoms with Crippen molar-refractivity contribution in [3.8, 4) is 5.75 Å². The van der Waals surface area contributed by atoms with Gasteiger partial charge in [0.1, 0.15) is 18.1 Å². The molecule has 1 amide bonds. The van der Waals surface area contributed by atoms with Gasteiger partial charge in [-0.05, 0) is 70.9 Å². The zero-order valence-corrected chi connectivity index (χ0v) is 19.3. The summed E-state index contributed by atoms with van der Waals surface area (Å²) >= 11 is 0. The highest BCUT2D eigenvalue weighted by Gasteiger charge is 2.27. The predicted molar refractivity (Wildman–Crippen MR) is 130 cm³/mol. The molecule has 0 aromatic heterocycles. The van der Waals surface area contributed by atoms with Crippen molar-refractivity contribution in [1.82, 2.24) is 5.32 Å². The summed E-state index contributed by atoms with van der Waals surface area (Å²) in [6.07, 6.45) is 0. The van der Waals surface area contributed by atoms with Crippen LogP contribution >= 0.6 is 0 Å². The fourth-order valence-corrected chi connectivity index (χ4v) is 4.95. The molecule has 34 heavy (non-hydrogen) atoms. The van der Waals surface area contributed by atoms with Crippen molar-refractivity contribution < 1.29 is 22.3 Å². The fraction of sp³-hybridized carbons (Fsp3) is 0.115. The van der Waals surface area contributed by atoms with Gasteiger partial charge in [0.05, 0.1) is 17.7 Å².